The minimum absolute atomic E-state index is 0.0335. The molecule has 19 heavy (non-hydrogen) atoms. The molecule has 3 nitrogen and oxygen atoms in total. The number of rotatable bonds is 2. The van der Waals surface area contributed by atoms with E-state index >= 15 is 0 Å². The van der Waals surface area contributed by atoms with E-state index in [2.05, 4.69) is 13.0 Å². The molecule has 1 fully saturated rings. The number of carbonyl (C=O) groups is 1. The van der Waals surface area contributed by atoms with Crippen LogP contribution in [0.4, 0.5) is 0 Å². The second kappa shape index (κ2) is 4.71. The van der Waals surface area contributed by atoms with Gasteiger partial charge in [0.05, 0.1) is 5.41 Å². The average molecular weight is 266 g/mol. The molecule has 0 radical (unpaired) electrons. The molecule has 2 N–H and O–H groups in total. The lowest BCUT2D eigenvalue weighted by Gasteiger charge is -2.58. The van der Waals surface area contributed by atoms with Crippen LogP contribution in [0.15, 0.2) is 11.6 Å². The fourth-order valence-corrected chi connectivity index (χ4v) is 4.45. The van der Waals surface area contributed by atoms with Crippen LogP contribution >= 0.6 is 0 Å². The summed E-state index contributed by atoms with van der Waals surface area (Å²) in [5, 5.41) is 19.8. The minimum atomic E-state index is -0.917. The van der Waals surface area contributed by atoms with Gasteiger partial charge in [-0.1, -0.05) is 25.5 Å². The zero-order valence-corrected chi connectivity index (χ0v) is 12.4. The number of aliphatic hydroxyl groups is 2. The van der Waals surface area contributed by atoms with Gasteiger partial charge in [-0.25, -0.2) is 0 Å². The van der Waals surface area contributed by atoms with Gasteiger partial charge in [0.25, 0.3) is 0 Å². The summed E-state index contributed by atoms with van der Waals surface area (Å²) in [6.07, 6.45) is 3.82. The van der Waals surface area contributed by atoms with Crippen molar-refractivity contribution in [3.05, 3.63) is 11.6 Å². The molecule has 3 heteroatoms. The Labute approximate surface area is 115 Å². The summed E-state index contributed by atoms with van der Waals surface area (Å²) in [6.45, 7) is 8.18. The summed E-state index contributed by atoms with van der Waals surface area (Å²) in [4.78, 5) is 12.6. The molecule has 108 valence electrons. The number of hydrogen-bond donors (Lipinski definition) is 2. The number of ketones is 1. The molecule has 0 bridgehead atoms. The van der Waals surface area contributed by atoms with Crippen LogP contribution in [0.25, 0.3) is 0 Å². The maximum atomic E-state index is 12.6. The molecule has 0 aromatic heterocycles. The van der Waals surface area contributed by atoms with Crippen LogP contribution in [0.3, 0.4) is 0 Å². The van der Waals surface area contributed by atoms with Gasteiger partial charge < -0.3 is 10.2 Å². The van der Waals surface area contributed by atoms with Gasteiger partial charge in [0.2, 0.25) is 0 Å². The van der Waals surface area contributed by atoms with Crippen LogP contribution < -0.4 is 0 Å². The molecule has 0 spiro atoms. The first-order chi connectivity index (χ1) is 8.80. The second-order valence-electron chi connectivity index (χ2n) is 6.80. The van der Waals surface area contributed by atoms with Gasteiger partial charge in [-0.05, 0) is 50.4 Å². The quantitative estimate of drug-likeness (QED) is 0.754. The Balaban J connectivity index is 2.54. The minimum Gasteiger partial charge on any atom is -0.396 e. The summed E-state index contributed by atoms with van der Waals surface area (Å²) >= 11 is 0. The highest BCUT2D eigenvalue weighted by molar-refractivity contribution is 5.93. The Hall–Kier alpha value is -0.670. The Morgan fingerprint density at radius 3 is 2.63 bits per heavy atom. The Morgan fingerprint density at radius 1 is 1.42 bits per heavy atom. The summed E-state index contributed by atoms with van der Waals surface area (Å²) in [6, 6.07) is 0. The van der Waals surface area contributed by atoms with Gasteiger partial charge >= 0.3 is 0 Å². The normalized spacial score (nSPS) is 46.7. The summed E-state index contributed by atoms with van der Waals surface area (Å²) in [7, 11) is 0. The Bertz CT molecular complexity index is 414. The topological polar surface area (TPSA) is 57.5 Å². The molecule has 0 saturated heterocycles. The van der Waals surface area contributed by atoms with Gasteiger partial charge in [-0.15, -0.1) is 0 Å². The van der Waals surface area contributed by atoms with E-state index in [1.54, 1.807) is 0 Å². The van der Waals surface area contributed by atoms with Crippen molar-refractivity contribution in [3.63, 3.8) is 0 Å². The summed E-state index contributed by atoms with van der Waals surface area (Å²) in [5.74, 6) is 0.0769. The highest BCUT2D eigenvalue weighted by atomic mass is 16.3. The number of carbonyl (C=O) groups excluding carboxylic acids is 1. The average Bonchev–Trinajstić information content (AvgIpc) is 2.38. The van der Waals surface area contributed by atoms with Crippen molar-refractivity contribution >= 4 is 5.78 Å². The molecule has 2 rings (SSSR count). The SMILES string of the molecule is CC1=CCC[C@@H]2[C@]1(C)C(=O)[C@@H](O)[C@H](C)[C@@]2(C)CCO. The van der Waals surface area contributed by atoms with E-state index < -0.39 is 11.5 Å². The Kier molecular flexibility index (Phi) is 3.65. The lowest BCUT2D eigenvalue weighted by molar-refractivity contribution is -0.165. The highest BCUT2D eigenvalue weighted by Crippen LogP contribution is 2.59. The van der Waals surface area contributed by atoms with Crippen molar-refractivity contribution in [1.29, 1.82) is 0 Å². The molecule has 5 atom stereocenters. The van der Waals surface area contributed by atoms with Crippen molar-refractivity contribution < 1.29 is 15.0 Å². The van der Waals surface area contributed by atoms with Gasteiger partial charge in [0, 0.05) is 6.61 Å². The van der Waals surface area contributed by atoms with E-state index in [0.29, 0.717) is 6.42 Å². The third-order valence-corrected chi connectivity index (χ3v) is 6.16. The van der Waals surface area contributed by atoms with Crippen molar-refractivity contribution in [1.82, 2.24) is 0 Å². The zero-order valence-electron chi connectivity index (χ0n) is 12.4. The fourth-order valence-electron chi connectivity index (χ4n) is 4.45. The first-order valence-corrected chi connectivity index (χ1v) is 7.30. The number of allylic oxidation sites excluding steroid dienone is 2. The van der Waals surface area contributed by atoms with E-state index in [-0.39, 0.29) is 29.6 Å². The monoisotopic (exact) mass is 266 g/mol. The van der Waals surface area contributed by atoms with Crippen molar-refractivity contribution in [2.24, 2.45) is 22.7 Å². The lowest BCUT2D eigenvalue weighted by Crippen LogP contribution is -2.61. The number of aliphatic hydroxyl groups excluding tert-OH is 2. The molecular formula is C16H26O3. The van der Waals surface area contributed by atoms with Crippen molar-refractivity contribution in [3.8, 4) is 0 Å². The maximum absolute atomic E-state index is 12.6. The van der Waals surface area contributed by atoms with Crippen LogP contribution in [0.5, 0.6) is 0 Å². The van der Waals surface area contributed by atoms with E-state index in [1.807, 2.05) is 20.8 Å². The fraction of sp³-hybridized carbons (Fsp3) is 0.812. The molecular weight excluding hydrogens is 240 g/mol. The van der Waals surface area contributed by atoms with Crippen LogP contribution in [0.1, 0.15) is 47.0 Å². The van der Waals surface area contributed by atoms with E-state index in [9.17, 15) is 15.0 Å². The van der Waals surface area contributed by atoms with Crippen LogP contribution in [-0.4, -0.2) is 28.7 Å². The maximum Gasteiger partial charge on any atom is 0.171 e. The molecule has 0 amide bonds. The van der Waals surface area contributed by atoms with Gasteiger partial charge in [0.15, 0.2) is 5.78 Å². The van der Waals surface area contributed by atoms with E-state index in [0.717, 1.165) is 18.4 Å². The van der Waals surface area contributed by atoms with Gasteiger partial charge in [0.1, 0.15) is 6.10 Å². The molecule has 0 aliphatic heterocycles. The molecule has 0 unspecified atom stereocenters. The lowest BCUT2D eigenvalue weighted by atomic mass is 9.46. The van der Waals surface area contributed by atoms with Crippen LogP contribution in [0.2, 0.25) is 0 Å². The standard InChI is InChI=1S/C16H26O3/c1-10-6-5-7-12-15(3,8-9-17)11(2)13(18)14(19)16(10,12)4/h6,11-13,17-18H,5,7-9H2,1-4H3/t11-,12-,13-,15+,16+/m0/s1. The smallest absolute Gasteiger partial charge is 0.171 e. The zero-order chi connectivity index (χ0) is 14.4. The predicted molar refractivity (Wildman–Crippen MR) is 74.6 cm³/mol. The number of fused-ring (bicyclic) bond motifs is 1. The molecule has 1 saturated carbocycles. The summed E-state index contributed by atoms with van der Waals surface area (Å²) in [5.41, 5.74) is 0.337. The van der Waals surface area contributed by atoms with Gasteiger partial charge in [-0.3, -0.25) is 4.79 Å². The summed E-state index contributed by atoms with van der Waals surface area (Å²) < 4.78 is 0. The second-order valence-corrected chi connectivity index (χ2v) is 6.80. The molecule has 0 aromatic carbocycles. The first-order valence-electron chi connectivity index (χ1n) is 7.30. The highest BCUT2D eigenvalue weighted by Gasteiger charge is 2.60. The number of hydrogen-bond acceptors (Lipinski definition) is 3. The third kappa shape index (κ3) is 1.82. The predicted octanol–water partition coefficient (Wildman–Crippen LogP) is 2.32. The largest absolute Gasteiger partial charge is 0.396 e. The Morgan fingerprint density at radius 2 is 2.05 bits per heavy atom. The van der Waals surface area contributed by atoms with Crippen LogP contribution in [0, 0.1) is 22.7 Å². The first kappa shape index (κ1) is 14.7. The number of Topliss-reactive ketones (excluding diaryl/α,β-unsaturated/α-hetero) is 1. The molecule has 2 aliphatic rings. The molecule has 0 aromatic rings. The van der Waals surface area contributed by atoms with Crippen LogP contribution in [-0.2, 0) is 4.79 Å². The van der Waals surface area contributed by atoms with Crippen molar-refractivity contribution in [2.45, 2.75) is 53.1 Å². The molecule has 2 aliphatic carbocycles. The third-order valence-electron chi connectivity index (χ3n) is 6.16. The van der Waals surface area contributed by atoms with E-state index in [1.165, 1.54) is 0 Å². The van der Waals surface area contributed by atoms with Crippen molar-refractivity contribution in [2.75, 3.05) is 6.61 Å². The molecule has 0 heterocycles. The van der Waals surface area contributed by atoms with E-state index in [4.69, 9.17) is 0 Å². The van der Waals surface area contributed by atoms with Gasteiger partial charge in [-0.2, -0.15) is 0 Å².